The van der Waals surface area contributed by atoms with Gasteiger partial charge in [0.25, 0.3) is 0 Å². The zero-order chi connectivity index (χ0) is 24.1. The molecule has 2 aromatic carbocycles. The Morgan fingerprint density at radius 3 is 2.24 bits per heavy atom. The number of ether oxygens (including phenoxy) is 1. The second-order valence-corrected chi connectivity index (χ2v) is 6.44. The van der Waals surface area contributed by atoms with Crippen LogP contribution in [0.4, 0.5) is 13.2 Å². The third-order valence-corrected chi connectivity index (χ3v) is 4.22. The van der Waals surface area contributed by atoms with Crippen LogP contribution in [0.5, 0.6) is 11.5 Å². The van der Waals surface area contributed by atoms with Gasteiger partial charge in [-0.3, -0.25) is 15.9 Å². The Morgan fingerprint density at radius 2 is 1.79 bits per heavy atom. The molecular formula is C23H24F3LiN2O4-2. The van der Waals surface area contributed by atoms with Crippen LogP contribution < -0.4 is 34.2 Å². The monoisotopic (exact) mass is 456 g/mol. The molecule has 6 nitrogen and oxygen atoms in total. The number of carbonyl (C=O) groups is 2. The Hall–Kier alpha value is -2.57. The van der Waals surface area contributed by atoms with E-state index in [9.17, 15) is 27.6 Å². The van der Waals surface area contributed by atoms with Crippen molar-refractivity contribution in [3.8, 4) is 11.5 Å². The molecule has 10 heteroatoms. The first-order valence-electron chi connectivity index (χ1n) is 9.47. The van der Waals surface area contributed by atoms with Gasteiger partial charge >= 0.3 is 25.0 Å². The molecule has 0 aliphatic rings. The molecule has 1 unspecified atom stereocenters. The molecule has 0 amide bonds. The Kier molecular flexibility index (Phi) is 14.1. The van der Waals surface area contributed by atoms with E-state index in [1.54, 1.807) is 25.5 Å². The predicted octanol–water partition coefficient (Wildman–Crippen LogP) is 0.102. The number of hydrogen-bond acceptors (Lipinski definition) is 6. The Bertz CT molecular complexity index is 890. The molecule has 0 fully saturated rings. The van der Waals surface area contributed by atoms with Gasteiger partial charge in [0.2, 0.25) is 5.78 Å². The summed E-state index contributed by atoms with van der Waals surface area (Å²) in [4.78, 5) is 30.6. The van der Waals surface area contributed by atoms with Crippen molar-refractivity contribution in [1.29, 1.82) is 0 Å². The number of likely N-dealkylation sites (N-methyl/N-ethyl adjacent to an activating group) is 1. The predicted molar refractivity (Wildman–Crippen MR) is 114 cm³/mol. The standard InChI is InChI=1S/C16H13F3O.C7H11N2O3.Li/c1-3-12-4-7-15(10-11(12)2)20-14-8-5-13(6-9-14)16(17,18)19;1-8-6(7(12)5-11)4-9-2-3-10;/h4-10H,1-3H2;5-6,8-9H,2,4H2,1H3;/q-2;-1;+1. The van der Waals surface area contributed by atoms with E-state index < -0.39 is 23.6 Å². The van der Waals surface area contributed by atoms with Crippen LogP contribution >= 0.6 is 0 Å². The van der Waals surface area contributed by atoms with Crippen molar-refractivity contribution >= 4 is 18.4 Å². The zero-order valence-electron chi connectivity index (χ0n) is 18.5. The number of alkyl halides is 3. The van der Waals surface area contributed by atoms with Gasteiger partial charge in [0.15, 0.2) is 6.29 Å². The molecule has 0 aliphatic carbocycles. The quantitative estimate of drug-likeness (QED) is 0.174. The van der Waals surface area contributed by atoms with Crippen molar-refractivity contribution in [1.82, 2.24) is 10.6 Å². The molecule has 0 aromatic heterocycles. The molecule has 0 radical (unpaired) electrons. The summed E-state index contributed by atoms with van der Waals surface area (Å²) in [5.41, 5.74) is 1.10. The molecule has 0 bridgehead atoms. The summed E-state index contributed by atoms with van der Waals surface area (Å²) in [5.74, 6) is 0.350. The molecule has 33 heavy (non-hydrogen) atoms. The fourth-order valence-corrected chi connectivity index (χ4v) is 2.45. The summed E-state index contributed by atoms with van der Waals surface area (Å²) >= 11 is 0. The summed E-state index contributed by atoms with van der Waals surface area (Å²) in [6.07, 6.45) is -1.84. The normalized spacial score (nSPS) is 11.3. The summed E-state index contributed by atoms with van der Waals surface area (Å²) in [5, 5.41) is 5.27. The number of rotatable bonds is 10. The van der Waals surface area contributed by atoms with E-state index in [1.165, 1.54) is 12.1 Å². The maximum absolute atomic E-state index is 12.4. The SMILES string of the molecule is CNC(CNC[C-]=O)C(=O)C=O.[CH2-]Cc1ccc(Oc2ccc(C(F)(F)F)cc2)cc1[CH2-].[Li+]. The smallest absolute Gasteiger partial charge is 0.541 e. The molecule has 174 valence electrons. The summed E-state index contributed by atoms with van der Waals surface area (Å²) in [6.45, 7) is 7.96. The summed E-state index contributed by atoms with van der Waals surface area (Å²) in [7, 11) is 1.57. The van der Waals surface area contributed by atoms with Gasteiger partial charge in [-0.15, -0.1) is 18.7 Å². The molecule has 1 atom stereocenters. The minimum absolute atomic E-state index is 0. The number of Topliss-reactive ketones (excluding diaryl/α,β-unsaturated/α-hetero) is 1. The van der Waals surface area contributed by atoms with E-state index in [2.05, 4.69) is 24.5 Å². The molecular weight excluding hydrogens is 432 g/mol. The van der Waals surface area contributed by atoms with Gasteiger partial charge in [-0.05, 0) is 37.4 Å². The minimum Gasteiger partial charge on any atom is -0.541 e. The van der Waals surface area contributed by atoms with Gasteiger partial charge < -0.3 is 27.1 Å². The van der Waals surface area contributed by atoms with E-state index in [-0.39, 0.29) is 38.2 Å². The Morgan fingerprint density at radius 1 is 1.18 bits per heavy atom. The van der Waals surface area contributed by atoms with Crippen molar-refractivity contribution in [2.24, 2.45) is 0 Å². The third kappa shape index (κ3) is 10.7. The second kappa shape index (κ2) is 15.3. The van der Waals surface area contributed by atoms with Crippen molar-refractivity contribution in [2.45, 2.75) is 18.6 Å². The number of benzene rings is 2. The van der Waals surface area contributed by atoms with Gasteiger partial charge in [0.1, 0.15) is 5.75 Å². The number of nitrogens with one attached hydrogen (secondary N) is 2. The average Bonchev–Trinajstić information content (AvgIpc) is 2.77. The number of ketones is 1. The van der Waals surface area contributed by atoms with E-state index in [0.29, 0.717) is 17.9 Å². The maximum atomic E-state index is 12.4. The van der Waals surface area contributed by atoms with Crippen molar-refractivity contribution in [2.75, 3.05) is 20.1 Å². The van der Waals surface area contributed by atoms with Crippen LogP contribution in [0.15, 0.2) is 42.5 Å². The van der Waals surface area contributed by atoms with E-state index in [4.69, 9.17) is 4.74 Å². The van der Waals surface area contributed by atoms with Gasteiger partial charge in [-0.25, -0.2) is 6.42 Å². The van der Waals surface area contributed by atoms with E-state index in [1.807, 2.05) is 6.07 Å². The van der Waals surface area contributed by atoms with Crippen LogP contribution in [0.1, 0.15) is 16.7 Å². The Balaban J connectivity index is 0.000000685. The first-order chi connectivity index (χ1) is 15.2. The average molecular weight is 456 g/mol. The maximum Gasteiger partial charge on any atom is 1.00 e. The summed E-state index contributed by atoms with van der Waals surface area (Å²) in [6, 6.07) is 9.33. The van der Waals surface area contributed by atoms with Crippen molar-refractivity contribution < 1.29 is 51.2 Å². The Labute approximate surface area is 203 Å². The molecule has 0 aliphatic heterocycles. The van der Waals surface area contributed by atoms with E-state index in [0.717, 1.165) is 23.3 Å². The largest absolute Gasteiger partial charge is 1.00 e. The van der Waals surface area contributed by atoms with Gasteiger partial charge in [0.05, 0.1) is 17.4 Å². The molecule has 0 heterocycles. The first-order valence-corrected chi connectivity index (χ1v) is 9.47. The van der Waals surface area contributed by atoms with Gasteiger partial charge in [-0.2, -0.15) is 31.2 Å². The van der Waals surface area contributed by atoms with Crippen LogP contribution in [-0.2, 0) is 27.0 Å². The first kappa shape index (κ1) is 30.4. The molecule has 0 saturated carbocycles. The number of halogens is 3. The van der Waals surface area contributed by atoms with Crippen LogP contribution in [0.25, 0.3) is 0 Å². The topological polar surface area (TPSA) is 84.5 Å². The second-order valence-electron chi connectivity index (χ2n) is 6.44. The van der Waals surface area contributed by atoms with Crippen LogP contribution in [0.2, 0.25) is 0 Å². The fraction of sp³-hybridized carbons (Fsp3) is 0.261. The van der Waals surface area contributed by atoms with Crippen molar-refractivity contribution in [3.63, 3.8) is 0 Å². The van der Waals surface area contributed by atoms with Gasteiger partial charge in [0, 0.05) is 6.54 Å². The van der Waals surface area contributed by atoms with E-state index >= 15 is 0 Å². The van der Waals surface area contributed by atoms with Crippen LogP contribution in [-0.4, -0.2) is 44.5 Å². The number of hydrogen-bond donors (Lipinski definition) is 2. The van der Waals surface area contributed by atoms with Crippen molar-refractivity contribution in [3.05, 3.63) is 73.0 Å². The van der Waals surface area contributed by atoms with Crippen LogP contribution in [0.3, 0.4) is 0 Å². The molecule has 2 N–H and O–H groups in total. The zero-order valence-corrected chi connectivity index (χ0v) is 18.5. The summed E-state index contributed by atoms with van der Waals surface area (Å²) < 4.78 is 42.8. The molecule has 2 aromatic rings. The van der Waals surface area contributed by atoms with Crippen LogP contribution in [0, 0.1) is 13.8 Å². The minimum atomic E-state index is -4.34. The molecule has 0 spiro atoms. The third-order valence-electron chi connectivity index (χ3n) is 4.22. The number of carbonyl (C=O) groups excluding carboxylic acids is 3. The molecule has 2 rings (SSSR count). The molecule has 0 saturated heterocycles. The fourth-order valence-electron chi connectivity index (χ4n) is 2.45. The number of aldehydes is 1. The van der Waals surface area contributed by atoms with Gasteiger partial charge in [-0.1, -0.05) is 0 Å².